The summed E-state index contributed by atoms with van der Waals surface area (Å²) in [5.74, 6) is 0. The predicted molar refractivity (Wildman–Crippen MR) is 67.2 cm³/mol. The molecule has 1 aliphatic rings. The zero-order valence-electron chi connectivity index (χ0n) is 10.3. The van der Waals surface area contributed by atoms with Gasteiger partial charge in [-0.05, 0) is 38.8 Å². The molecule has 1 aromatic rings. The van der Waals surface area contributed by atoms with Crippen LogP contribution in [0.1, 0.15) is 38.8 Å². The first-order valence-corrected chi connectivity index (χ1v) is 6.12. The van der Waals surface area contributed by atoms with Crippen LogP contribution in [-0.2, 0) is 0 Å². The SMILES string of the molecule is CC1CCCC(C)N1Nc1ccc(C#N)nc1. The third-order valence-corrected chi connectivity index (χ3v) is 3.33. The Morgan fingerprint density at radius 3 is 2.59 bits per heavy atom. The summed E-state index contributed by atoms with van der Waals surface area (Å²) in [7, 11) is 0. The van der Waals surface area contributed by atoms with Gasteiger partial charge in [-0.1, -0.05) is 6.42 Å². The topological polar surface area (TPSA) is 52.0 Å². The zero-order valence-corrected chi connectivity index (χ0v) is 10.3. The Morgan fingerprint density at radius 1 is 1.35 bits per heavy atom. The minimum absolute atomic E-state index is 0.454. The lowest BCUT2D eigenvalue weighted by atomic mass is 10.00. The first-order chi connectivity index (χ1) is 8.20. The highest BCUT2D eigenvalue weighted by molar-refractivity contribution is 5.42. The van der Waals surface area contributed by atoms with Gasteiger partial charge in [0.05, 0.1) is 11.9 Å². The molecule has 0 bridgehead atoms. The highest BCUT2D eigenvalue weighted by Crippen LogP contribution is 2.23. The standard InChI is InChI=1S/C13H18N4/c1-10-4-3-5-11(2)17(10)16-13-7-6-12(8-14)15-9-13/h6-7,9-11,16H,3-5H2,1-2H3. The molecule has 0 spiro atoms. The number of nitrogens with zero attached hydrogens (tertiary/aromatic N) is 3. The maximum atomic E-state index is 8.69. The van der Waals surface area contributed by atoms with Crippen LogP contribution in [0.3, 0.4) is 0 Å². The van der Waals surface area contributed by atoms with E-state index in [-0.39, 0.29) is 0 Å². The van der Waals surface area contributed by atoms with Crippen molar-refractivity contribution in [2.75, 3.05) is 5.43 Å². The average Bonchev–Trinajstić information content (AvgIpc) is 2.35. The predicted octanol–water partition coefficient (Wildman–Crippen LogP) is 2.54. The molecule has 0 amide bonds. The van der Waals surface area contributed by atoms with Gasteiger partial charge in [-0.3, -0.25) is 0 Å². The Morgan fingerprint density at radius 2 is 2.06 bits per heavy atom. The molecule has 1 aromatic heterocycles. The molecule has 90 valence electrons. The molecule has 2 rings (SSSR count). The van der Waals surface area contributed by atoms with Gasteiger partial charge in [0.15, 0.2) is 0 Å². The van der Waals surface area contributed by atoms with Gasteiger partial charge in [-0.25, -0.2) is 9.99 Å². The molecule has 4 heteroatoms. The number of piperidine rings is 1. The van der Waals surface area contributed by atoms with Crippen LogP contribution in [0.5, 0.6) is 0 Å². The Labute approximate surface area is 102 Å². The molecule has 17 heavy (non-hydrogen) atoms. The third-order valence-electron chi connectivity index (χ3n) is 3.33. The Kier molecular flexibility index (Phi) is 3.60. The Bertz CT molecular complexity index is 396. The highest BCUT2D eigenvalue weighted by atomic mass is 15.5. The second-order valence-corrected chi connectivity index (χ2v) is 4.69. The fraction of sp³-hybridized carbons (Fsp3) is 0.538. The van der Waals surface area contributed by atoms with Crippen LogP contribution in [0.25, 0.3) is 0 Å². The lowest BCUT2D eigenvalue weighted by Gasteiger charge is -2.39. The summed E-state index contributed by atoms with van der Waals surface area (Å²) >= 11 is 0. The van der Waals surface area contributed by atoms with Crippen LogP contribution >= 0.6 is 0 Å². The summed E-state index contributed by atoms with van der Waals surface area (Å²) in [6.07, 6.45) is 5.46. The molecule has 1 fully saturated rings. The number of rotatable bonds is 2. The van der Waals surface area contributed by atoms with Crippen LogP contribution in [-0.4, -0.2) is 22.1 Å². The number of hydrazine groups is 1. The number of aromatic nitrogens is 1. The van der Waals surface area contributed by atoms with Gasteiger partial charge >= 0.3 is 0 Å². The molecule has 4 nitrogen and oxygen atoms in total. The molecular formula is C13H18N4. The largest absolute Gasteiger partial charge is 0.317 e. The van der Waals surface area contributed by atoms with Crippen LogP contribution < -0.4 is 5.43 Å². The van der Waals surface area contributed by atoms with Crippen LogP contribution in [0.4, 0.5) is 5.69 Å². The summed E-state index contributed by atoms with van der Waals surface area (Å²) in [5, 5.41) is 11.0. The summed E-state index contributed by atoms with van der Waals surface area (Å²) in [5.41, 5.74) is 4.80. The van der Waals surface area contributed by atoms with Gasteiger partial charge in [0.25, 0.3) is 0 Å². The molecule has 2 atom stereocenters. The normalized spacial score (nSPS) is 25.2. The van der Waals surface area contributed by atoms with Crippen molar-refractivity contribution in [3.05, 3.63) is 24.0 Å². The second-order valence-electron chi connectivity index (χ2n) is 4.69. The Hall–Kier alpha value is -1.60. The zero-order chi connectivity index (χ0) is 12.3. The van der Waals surface area contributed by atoms with Crippen molar-refractivity contribution in [1.82, 2.24) is 9.99 Å². The molecule has 1 aliphatic heterocycles. The van der Waals surface area contributed by atoms with Gasteiger partial charge in [-0.2, -0.15) is 5.26 Å². The van der Waals surface area contributed by atoms with E-state index in [0.717, 1.165) is 5.69 Å². The van der Waals surface area contributed by atoms with Crippen molar-refractivity contribution in [2.45, 2.75) is 45.2 Å². The molecule has 1 N–H and O–H groups in total. The first kappa shape index (κ1) is 11.9. The average molecular weight is 230 g/mol. The van der Waals surface area contributed by atoms with E-state index >= 15 is 0 Å². The number of anilines is 1. The summed E-state index contributed by atoms with van der Waals surface area (Å²) in [4.78, 5) is 4.06. The van der Waals surface area contributed by atoms with Crippen molar-refractivity contribution >= 4 is 5.69 Å². The maximum Gasteiger partial charge on any atom is 0.140 e. The molecule has 2 unspecified atom stereocenters. The molecule has 0 saturated carbocycles. The maximum absolute atomic E-state index is 8.69. The molecule has 0 aliphatic carbocycles. The lowest BCUT2D eigenvalue weighted by Crippen LogP contribution is -2.47. The summed E-state index contributed by atoms with van der Waals surface area (Å²) in [6.45, 7) is 4.47. The summed E-state index contributed by atoms with van der Waals surface area (Å²) < 4.78 is 0. The monoisotopic (exact) mass is 230 g/mol. The number of pyridine rings is 1. The fourth-order valence-corrected chi connectivity index (χ4v) is 2.32. The molecule has 2 heterocycles. The van der Waals surface area contributed by atoms with Crippen molar-refractivity contribution < 1.29 is 0 Å². The molecule has 0 radical (unpaired) electrons. The van der Waals surface area contributed by atoms with Crippen molar-refractivity contribution in [3.8, 4) is 6.07 Å². The van der Waals surface area contributed by atoms with Crippen LogP contribution in [0, 0.1) is 11.3 Å². The summed E-state index contributed by atoms with van der Waals surface area (Å²) in [6, 6.07) is 6.74. The van der Waals surface area contributed by atoms with E-state index in [1.807, 2.05) is 12.1 Å². The van der Waals surface area contributed by atoms with E-state index in [2.05, 4.69) is 29.3 Å². The number of nitrogens with one attached hydrogen (secondary N) is 1. The molecular weight excluding hydrogens is 212 g/mol. The number of hydrogen-bond acceptors (Lipinski definition) is 4. The van der Waals surface area contributed by atoms with Crippen molar-refractivity contribution in [2.24, 2.45) is 0 Å². The smallest absolute Gasteiger partial charge is 0.140 e. The number of nitriles is 1. The Balaban J connectivity index is 2.06. The minimum atomic E-state index is 0.454. The van der Waals surface area contributed by atoms with Gasteiger partial charge in [0.1, 0.15) is 11.8 Å². The fourth-order valence-electron chi connectivity index (χ4n) is 2.32. The van der Waals surface area contributed by atoms with Gasteiger partial charge in [-0.15, -0.1) is 0 Å². The second kappa shape index (κ2) is 5.15. The third kappa shape index (κ3) is 2.75. The van der Waals surface area contributed by atoms with Crippen molar-refractivity contribution in [3.63, 3.8) is 0 Å². The first-order valence-electron chi connectivity index (χ1n) is 6.12. The van der Waals surface area contributed by atoms with Crippen LogP contribution in [0.15, 0.2) is 18.3 Å². The molecule has 0 aromatic carbocycles. The van der Waals surface area contributed by atoms with E-state index in [9.17, 15) is 0 Å². The van der Waals surface area contributed by atoms with E-state index in [1.54, 1.807) is 12.3 Å². The van der Waals surface area contributed by atoms with Gasteiger partial charge in [0, 0.05) is 12.1 Å². The van der Waals surface area contributed by atoms with E-state index in [0.29, 0.717) is 17.8 Å². The minimum Gasteiger partial charge on any atom is -0.317 e. The van der Waals surface area contributed by atoms with Crippen LogP contribution in [0.2, 0.25) is 0 Å². The number of hydrogen-bond donors (Lipinski definition) is 1. The van der Waals surface area contributed by atoms with E-state index < -0.39 is 0 Å². The molecule has 1 saturated heterocycles. The van der Waals surface area contributed by atoms with Gasteiger partial charge < -0.3 is 5.43 Å². The van der Waals surface area contributed by atoms with Crippen molar-refractivity contribution in [1.29, 1.82) is 5.26 Å². The van der Waals surface area contributed by atoms with Gasteiger partial charge in [0.2, 0.25) is 0 Å². The highest BCUT2D eigenvalue weighted by Gasteiger charge is 2.24. The lowest BCUT2D eigenvalue weighted by molar-refractivity contribution is 0.135. The van der Waals surface area contributed by atoms with E-state index in [4.69, 9.17) is 5.26 Å². The quantitative estimate of drug-likeness (QED) is 0.848. The van der Waals surface area contributed by atoms with E-state index in [1.165, 1.54) is 19.3 Å².